The fourth-order valence-electron chi connectivity index (χ4n) is 2.01. The Morgan fingerprint density at radius 2 is 2.05 bits per heavy atom. The van der Waals surface area contributed by atoms with E-state index in [1.165, 1.54) is 6.07 Å². The Balaban J connectivity index is 2.05. The summed E-state index contributed by atoms with van der Waals surface area (Å²) in [6.07, 6.45) is 0. The third-order valence-electron chi connectivity index (χ3n) is 3.15. The van der Waals surface area contributed by atoms with Crippen LogP contribution >= 0.6 is 11.6 Å². The number of aromatic nitrogens is 1. The van der Waals surface area contributed by atoms with E-state index < -0.39 is 0 Å². The largest absolute Gasteiger partial charge is 0.331 e. The van der Waals surface area contributed by atoms with Gasteiger partial charge in [-0.1, -0.05) is 41.9 Å². The molecule has 5 nitrogen and oxygen atoms in total. The normalized spacial score (nSPS) is 11.4. The average molecular weight is 315 g/mol. The van der Waals surface area contributed by atoms with Crippen LogP contribution in [0.25, 0.3) is 0 Å². The molecule has 2 N–H and O–H groups in total. The lowest BCUT2D eigenvalue weighted by atomic mass is 10.1. The van der Waals surface area contributed by atoms with E-state index in [9.17, 15) is 4.79 Å². The smallest absolute Gasteiger partial charge is 0.320 e. The first kappa shape index (κ1) is 15.8. The van der Waals surface area contributed by atoms with Crippen LogP contribution in [0.15, 0.2) is 36.4 Å². The Kier molecular flexibility index (Phi) is 4.97. The highest BCUT2D eigenvalue weighted by molar-refractivity contribution is 6.32. The number of nitrogens with one attached hydrogen (secondary N) is 2. The van der Waals surface area contributed by atoms with Gasteiger partial charge in [0.25, 0.3) is 0 Å². The predicted molar refractivity (Wildman–Crippen MR) is 85.7 cm³/mol. The molecular formula is C16H15ClN4O. The van der Waals surface area contributed by atoms with Crippen molar-refractivity contribution in [1.82, 2.24) is 10.3 Å². The average Bonchev–Trinajstić information content (AvgIpc) is 2.47. The fraction of sp³-hybridized carbons (Fsp3) is 0.188. The summed E-state index contributed by atoms with van der Waals surface area (Å²) >= 11 is 5.99. The van der Waals surface area contributed by atoms with Crippen molar-refractivity contribution in [3.63, 3.8) is 0 Å². The summed E-state index contributed by atoms with van der Waals surface area (Å²) in [6.45, 7) is 3.56. The summed E-state index contributed by atoms with van der Waals surface area (Å²) < 4.78 is 0. The first-order valence-electron chi connectivity index (χ1n) is 6.71. The van der Waals surface area contributed by atoms with Gasteiger partial charge in [0, 0.05) is 6.07 Å². The van der Waals surface area contributed by atoms with E-state index in [4.69, 9.17) is 16.9 Å². The molecule has 112 valence electrons. The maximum Gasteiger partial charge on any atom is 0.320 e. The number of pyridine rings is 1. The number of carbonyl (C=O) groups excluding carboxylic acids is 1. The number of halogens is 1. The van der Waals surface area contributed by atoms with Crippen LogP contribution in [-0.2, 0) is 0 Å². The van der Waals surface area contributed by atoms with Gasteiger partial charge in [-0.25, -0.2) is 9.78 Å². The first-order valence-corrected chi connectivity index (χ1v) is 7.08. The maximum atomic E-state index is 12.0. The van der Waals surface area contributed by atoms with Gasteiger partial charge < -0.3 is 5.32 Å². The Labute approximate surface area is 133 Å². The third-order valence-corrected chi connectivity index (χ3v) is 3.45. The van der Waals surface area contributed by atoms with Crippen LogP contribution in [0.4, 0.5) is 10.6 Å². The minimum atomic E-state index is -0.385. The zero-order valence-electron chi connectivity index (χ0n) is 12.2. The monoisotopic (exact) mass is 314 g/mol. The Bertz CT molecular complexity index is 702. The van der Waals surface area contributed by atoms with Crippen LogP contribution in [0, 0.1) is 18.3 Å². The van der Waals surface area contributed by atoms with Crippen molar-refractivity contribution in [2.24, 2.45) is 0 Å². The highest BCUT2D eigenvalue weighted by Crippen LogP contribution is 2.21. The van der Waals surface area contributed by atoms with Crippen LogP contribution in [0.2, 0.25) is 5.02 Å². The second kappa shape index (κ2) is 6.92. The number of hydrogen-bond acceptors (Lipinski definition) is 3. The highest BCUT2D eigenvalue weighted by Gasteiger charge is 2.12. The lowest BCUT2D eigenvalue weighted by Crippen LogP contribution is -2.31. The molecule has 6 heteroatoms. The number of aryl methyl sites for hydroxylation is 1. The van der Waals surface area contributed by atoms with E-state index in [1.54, 1.807) is 6.92 Å². The third kappa shape index (κ3) is 3.74. The van der Waals surface area contributed by atoms with Gasteiger partial charge in [-0.3, -0.25) is 5.32 Å². The Morgan fingerprint density at radius 3 is 2.64 bits per heavy atom. The molecule has 2 amide bonds. The summed E-state index contributed by atoms with van der Waals surface area (Å²) in [4.78, 5) is 16.1. The van der Waals surface area contributed by atoms with Gasteiger partial charge in [0.1, 0.15) is 11.9 Å². The van der Waals surface area contributed by atoms with E-state index >= 15 is 0 Å². The quantitative estimate of drug-likeness (QED) is 0.904. The van der Waals surface area contributed by atoms with Crippen LogP contribution in [0.5, 0.6) is 0 Å². The van der Waals surface area contributed by atoms with Crippen molar-refractivity contribution < 1.29 is 4.79 Å². The van der Waals surface area contributed by atoms with Crippen LogP contribution in [-0.4, -0.2) is 11.0 Å². The SMILES string of the molecule is Cc1nc(NC(=O)N[C@H](C)c2ccccc2)cc(Cl)c1C#N. The summed E-state index contributed by atoms with van der Waals surface area (Å²) in [5.74, 6) is 0.305. The number of anilines is 1. The van der Waals surface area contributed by atoms with Crippen LogP contribution in [0.1, 0.15) is 29.8 Å². The number of rotatable bonds is 3. The van der Waals surface area contributed by atoms with E-state index in [-0.39, 0.29) is 17.1 Å². The molecule has 0 aliphatic carbocycles. The number of amides is 2. The van der Waals surface area contributed by atoms with Crippen molar-refractivity contribution in [2.45, 2.75) is 19.9 Å². The number of carbonyl (C=O) groups is 1. The van der Waals surface area contributed by atoms with Gasteiger partial charge in [-0.2, -0.15) is 5.26 Å². The Morgan fingerprint density at radius 1 is 1.36 bits per heavy atom. The van der Waals surface area contributed by atoms with Gasteiger partial charge in [0.05, 0.1) is 22.3 Å². The molecule has 0 aliphatic heterocycles. The molecule has 0 aliphatic rings. The van der Waals surface area contributed by atoms with Gasteiger partial charge >= 0.3 is 6.03 Å². The fourth-order valence-corrected chi connectivity index (χ4v) is 2.29. The maximum absolute atomic E-state index is 12.0. The standard InChI is InChI=1S/C16H15ClN4O/c1-10(12-6-4-3-5-7-12)20-16(22)21-15-8-14(17)13(9-18)11(2)19-15/h3-8,10H,1-2H3,(H2,19,20,21,22)/t10-/m1/s1. The zero-order valence-corrected chi connectivity index (χ0v) is 13.0. The molecule has 0 fully saturated rings. The van der Waals surface area contributed by atoms with Crippen molar-refractivity contribution in [3.05, 3.63) is 58.2 Å². The van der Waals surface area contributed by atoms with Crippen LogP contribution < -0.4 is 10.6 Å². The molecule has 1 aromatic carbocycles. The highest BCUT2D eigenvalue weighted by atomic mass is 35.5. The van der Waals surface area contributed by atoms with Gasteiger partial charge in [0.15, 0.2) is 0 Å². The van der Waals surface area contributed by atoms with E-state index in [2.05, 4.69) is 15.6 Å². The molecule has 0 unspecified atom stereocenters. The van der Waals surface area contributed by atoms with Crippen LogP contribution in [0.3, 0.4) is 0 Å². The lowest BCUT2D eigenvalue weighted by Gasteiger charge is -2.15. The molecule has 1 aromatic heterocycles. The molecular weight excluding hydrogens is 300 g/mol. The lowest BCUT2D eigenvalue weighted by molar-refractivity contribution is 0.249. The molecule has 0 bridgehead atoms. The van der Waals surface area contributed by atoms with E-state index in [0.717, 1.165) is 5.56 Å². The number of nitrogens with zero attached hydrogens (tertiary/aromatic N) is 2. The summed E-state index contributed by atoms with van der Waals surface area (Å²) in [6, 6.07) is 12.5. The summed E-state index contributed by atoms with van der Waals surface area (Å²) in [7, 11) is 0. The van der Waals surface area contributed by atoms with Crippen molar-refractivity contribution >= 4 is 23.4 Å². The summed E-state index contributed by atoms with van der Waals surface area (Å²) in [5, 5.41) is 14.6. The number of benzene rings is 1. The molecule has 1 heterocycles. The second-order valence-electron chi connectivity index (χ2n) is 4.79. The molecule has 2 rings (SSSR count). The number of urea groups is 1. The zero-order chi connectivity index (χ0) is 16.1. The predicted octanol–water partition coefficient (Wildman–Crippen LogP) is 3.80. The van der Waals surface area contributed by atoms with E-state index in [1.807, 2.05) is 43.3 Å². The molecule has 22 heavy (non-hydrogen) atoms. The van der Waals surface area contributed by atoms with Gasteiger partial charge in [-0.05, 0) is 19.4 Å². The minimum absolute atomic E-state index is 0.142. The summed E-state index contributed by atoms with van der Waals surface area (Å²) in [5.41, 5.74) is 1.78. The van der Waals surface area contributed by atoms with Crippen molar-refractivity contribution in [1.29, 1.82) is 5.26 Å². The molecule has 0 saturated heterocycles. The molecule has 0 saturated carbocycles. The van der Waals surface area contributed by atoms with Crippen molar-refractivity contribution in [2.75, 3.05) is 5.32 Å². The number of hydrogen-bond donors (Lipinski definition) is 2. The van der Waals surface area contributed by atoms with Gasteiger partial charge in [-0.15, -0.1) is 0 Å². The molecule has 0 spiro atoms. The minimum Gasteiger partial charge on any atom is -0.331 e. The molecule has 1 atom stereocenters. The van der Waals surface area contributed by atoms with Gasteiger partial charge in [0.2, 0.25) is 0 Å². The Hall–Kier alpha value is -2.58. The number of nitriles is 1. The first-order chi connectivity index (χ1) is 10.5. The van der Waals surface area contributed by atoms with E-state index in [0.29, 0.717) is 17.1 Å². The molecule has 2 aromatic rings. The second-order valence-corrected chi connectivity index (χ2v) is 5.20. The van der Waals surface area contributed by atoms with Crippen molar-refractivity contribution in [3.8, 4) is 6.07 Å². The molecule has 0 radical (unpaired) electrons. The topological polar surface area (TPSA) is 77.8 Å².